The molecule has 0 aliphatic carbocycles. The van der Waals surface area contributed by atoms with Gasteiger partial charge < -0.3 is 15.1 Å². The molecule has 0 heterocycles. The van der Waals surface area contributed by atoms with E-state index in [1.165, 1.54) is 30.0 Å². The second-order valence-corrected chi connectivity index (χ2v) is 6.10. The Morgan fingerprint density at radius 2 is 1.68 bits per heavy atom. The van der Waals surface area contributed by atoms with E-state index in [-0.39, 0.29) is 17.5 Å². The Balaban J connectivity index is 2.11. The molecular formula is C18H19ClFN3O2. The number of hydrogen-bond donors (Lipinski definition) is 1. The minimum absolute atomic E-state index is 0.0829. The van der Waals surface area contributed by atoms with E-state index in [1.54, 1.807) is 12.1 Å². The van der Waals surface area contributed by atoms with Crippen LogP contribution < -0.4 is 15.1 Å². The lowest BCUT2D eigenvalue weighted by atomic mass is 10.2. The zero-order chi connectivity index (χ0) is 18.6. The monoisotopic (exact) mass is 363 g/mol. The van der Waals surface area contributed by atoms with Gasteiger partial charge in [-0.3, -0.25) is 9.59 Å². The van der Waals surface area contributed by atoms with Crippen LogP contribution in [0.5, 0.6) is 0 Å². The largest absolute Gasteiger partial charge is 0.378 e. The maximum Gasteiger partial charge on any atom is 0.244 e. The van der Waals surface area contributed by atoms with Gasteiger partial charge >= 0.3 is 0 Å². The number of anilines is 3. The molecule has 1 N–H and O–H groups in total. The number of carbonyl (C=O) groups excluding carboxylic acids is 2. The van der Waals surface area contributed by atoms with Crippen LogP contribution in [-0.4, -0.2) is 32.5 Å². The number of hydrogen-bond acceptors (Lipinski definition) is 3. The van der Waals surface area contributed by atoms with Gasteiger partial charge in [-0.2, -0.15) is 0 Å². The van der Waals surface area contributed by atoms with Crippen LogP contribution in [0.1, 0.15) is 6.92 Å². The van der Waals surface area contributed by atoms with Gasteiger partial charge in [-0.15, -0.1) is 0 Å². The van der Waals surface area contributed by atoms with E-state index in [9.17, 15) is 14.0 Å². The Bertz CT molecular complexity index is 778. The molecule has 0 saturated heterocycles. The van der Waals surface area contributed by atoms with Gasteiger partial charge in [0.25, 0.3) is 0 Å². The minimum atomic E-state index is -0.564. The lowest BCUT2D eigenvalue weighted by Crippen LogP contribution is -2.36. The summed E-state index contributed by atoms with van der Waals surface area (Å²) in [5.74, 6) is -1.23. The molecule has 25 heavy (non-hydrogen) atoms. The van der Waals surface area contributed by atoms with Gasteiger partial charge in [0, 0.05) is 38.1 Å². The first kappa shape index (κ1) is 18.7. The van der Waals surface area contributed by atoms with Crippen molar-refractivity contribution in [2.45, 2.75) is 6.92 Å². The van der Waals surface area contributed by atoms with Crippen molar-refractivity contribution < 1.29 is 14.0 Å². The van der Waals surface area contributed by atoms with E-state index in [4.69, 9.17) is 11.6 Å². The maximum atomic E-state index is 13.2. The van der Waals surface area contributed by atoms with E-state index >= 15 is 0 Å². The summed E-state index contributed by atoms with van der Waals surface area (Å²) in [5, 5.41) is 2.52. The minimum Gasteiger partial charge on any atom is -0.378 e. The fraction of sp³-hybridized carbons (Fsp3) is 0.222. The fourth-order valence-electron chi connectivity index (χ4n) is 2.23. The summed E-state index contributed by atoms with van der Waals surface area (Å²) >= 11 is 5.69. The predicted molar refractivity (Wildman–Crippen MR) is 98.8 cm³/mol. The van der Waals surface area contributed by atoms with Crippen LogP contribution in [0.25, 0.3) is 0 Å². The molecule has 0 aliphatic heterocycles. The molecule has 0 radical (unpaired) electrons. The molecule has 5 nitrogen and oxygen atoms in total. The van der Waals surface area contributed by atoms with Crippen LogP contribution in [0, 0.1) is 5.82 Å². The molecule has 0 saturated carbocycles. The van der Waals surface area contributed by atoms with E-state index < -0.39 is 11.7 Å². The Morgan fingerprint density at radius 3 is 2.20 bits per heavy atom. The molecule has 2 aromatic carbocycles. The van der Waals surface area contributed by atoms with Crippen molar-refractivity contribution in [3.63, 3.8) is 0 Å². The third-order valence-corrected chi connectivity index (χ3v) is 3.85. The summed E-state index contributed by atoms with van der Waals surface area (Å²) in [6.07, 6.45) is 0. The van der Waals surface area contributed by atoms with Gasteiger partial charge in [0.2, 0.25) is 11.8 Å². The Hall–Kier alpha value is -2.60. The van der Waals surface area contributed by atoms with Crippen LogP contribution in [0.3, 0.4) is 0 Å². The van der Waals surface area contributed by atoms with E-state index in [2.05, 4.69) is 5.32 Å². The SMILES string of the molecule is CC(=O)N(CC(=O)Nc1ccc(F)c(Cl)c1)c1ccc(N(C)C)cc1. The molecule has 2 rings (SSSR count). The van der Waals surface area contributed by atoms with Gasteiger partial charge in [-0.25, -0.2) is 4.39 Å². The number of rotatable bonds is 5. The number of carbonyl (C=O) groups is 2. The van der Waals surface area contributed by atoms with Crippen molar-refractivity contribution >= 4 is 40.5 Å². The lowest BCUT2D eigenvalue weighted by Gasteiger charge is -2.22. The van der Waals surface area contributed by atoms with Gasteiger partial charge in [-0.1, -0.05) is 11.6 Å². The summed E-state index contributed by atoms with van der Waals surface area (Å²) in [5.41, 5.74) is 1.96. The number of nitrogens with zero attached hydrogens (tertiary/aromatic N) is 2. The molecule has 7 heteroatoms. The van der Waals surface area contributed by atoms with Crippen LogP contribution in [0.4, 0.5) is 21.5 Å². The lowest BCUT2D eigenvalue weighted by molar-refractivity contribution is -0.120. The molecule has 0 fully saturated rings. The third kappa shape index (κ3) is 4.93. The molecule has 132 valence electrons. The molecule has 0 unspecified atom stereocenters. The topological polar surface area (TPSA) is 52.7 Å². The summed E-state index contributed by atoms with van der Waals surface area (Å²) in [4.78, 5) is 27.4. The Kier molecular flexibility index (Phi) is 5.98. The van der Waals surface area contributed by atoms with Gasteiger partial charge in [-0.05, 0) is 42.5 Å². The maximum absolute atomic E-state index is 13.2. The molecule has 0 spiro atoms. The zero-order valence-electron chi connectivity index (χ0n) is 14.2. The van der Waals surface area contributed by atoms with Crippen molar-refractivity contribution in [3.8, 4) is 0 Å². The summed E-state index contributed by atoms with van der Waals surface area (Å²) in [6, 6.07) is 11.2. The molecule has 0 atom stereocenters. The smallest absolute Gasteiger partial charge is 0.244 e. The zero-order valence-corrected chi connectivity index (χ0v) is 15.0. The highest BCUT2D eigenvalue weighted by atomic mass is 35.5. The van der Waals surface area contributed by atoms with Crippen molar-refractivity contribution in [2.24, 2.45) is 0 Å². The van der Waals surface area contributed by atoms with Crippen molar-refractivity contribution in [2.75, 3.05) is 35.8 Å². The van der Waals surface area contributed by atoms with Crippen LogP contribution in [0.2, 0.25) is 5.02 Å². The molecular weight excluding hydrogens is 345 g/mol. The first-order valence-corrected chi connectivity index (χ1v) is 7.96. The van der Waals surface area contributed by atoms with E-state index in [1.807, 2.05) is 31.1 Å². The summed E-state index contributed by atoms with van der Waals surface area (Å²) in [6.45, 7) is 1.23. The summed E-state index contributed by atoms with van der Waals surface area (Å²) in [7, 11) is 3.83. The highest BCUT2D eigenvalue weighted by Gasteiger charge is 2.16. The first-order chi connectivity index (χ1) is 11.8. The molecule has 0 aromatic heterocycles. The molecule has 0 aliphatic rings. The molecule has 0 bridgehead atoms. The van der Waals surface area contributed by atoms with Gasteiger partial charge in [0.05, 0.1) is 5.02 Å². The van der Waals surface area contributed by atoms with Crippen molar-refractivity contribution in [1.82, 2.24) is 0 Å². The van der Waals surface area contributed by atoms with Crippen LogP contribution in [-0.2, 0) is 9.59 Å². The fourth-order valence-corrected chi connectivity index (χ4v) is 2.41. The van der Waals surface area contributed by atoms with Crippen LogP contribution in [0.15, 0.2) is 42.5 Å². The average Bonchev–Trinajstić information content (AvgIpc) is 2.56. The van der Waals surface area contributed by atoms with E-state index in [0.29, 0.717) is 11.4 Å². The van der Waals surface area contributed by atoms with Crippen LogP contribution >= 0.6 is 11.6 Å². The second kappa shape index (κ2) is 7.98. The average molecular weight is 364 g/mol. The molecule has 2 aromatic rings. The number of halogens is 2. The van der Waals surface area contributed by atoms with Crippen molar-refractivity contribution in [1.29, 1.82) is 0 Å². The highest BCUT2D eigenvalue weighted by molar-refractivity contribution is 6.31. The van der Waals surface area contributed by atoms with E-state index in [0.717, 1.165) is 5.69 Å². The van der Waals surface area contributed by atoms with Gasteiger partial charge in [0.15, 0.2) is 0 Å². The predicted octanol–water partition coefficient (Wildman–Crippen LogP) is 3.54. The second-order valence-electron chi connectivity index (χ2n) is 5.69. The number of amides is 2. The first-order valence-electron chi connectivity index (χ1n) is 7.58. The van der Waals surface area contributed by atoms with Crippen molar-refractivity contribution in [3.05, 3.63) is 53.3 Å². The number of nitrogens with one attached hydrogen (secondary N) is 1. The normalized spacial score (nSPS) is 10.3. The Morgan fingerprint density at radius 1 is 1.08 bits per heavy atom. The standard InChI is InChI=1S/C18H19ClFN3O2/c1-12(24)23(15-7-5-14(6-8-15)22(2)3)11-18(25)21-13-4-9-17(20)16(19)10-13/h4-10H,11H2,1-3H3,(H,21,25). The quantitative estimate of drug-likeness (QED) is 0.884. The highest BCUT2D eigenvalue weighted by Crippen LogP contribution is 2.21. The number of benzene rings is 2. The van der Waals surface area contributed by atoms with Gasteiger partial charge in [0.1, 0.15) is 12.4 Å². The molecule has 2 amide bonds. The third-order valence-electron chi connectivity index (χ3n) is 3.56. The Labute approximate surface area is 151 Å². The summed E-state index contributed by atoms with van der Waals surface area (Å²) < 4.78 is 13.2.